The number of aliphatic hydroxyl groups excluding tert-OH is 1. The van der Waals surface area contributed by atoms with Crippen molar-refractivity contribution in [1.82, 2.24) is 0 Å². The first-order valence-electron chi connectivity index (χ1n) is 7.72. The summed E-state index contributed by atoms with van der Waals surface area (Å²) in [6, 6.07) is 6.33. The second-order valence-electron chi connectivity index (χ2n) is 6.58. The van der Waals surface area contributed by atoms with Crippen LogP contribution in [0.25, 0.3) is 0 Å². The normalized spacial score (nSPS) is 21.8. The van der Waals surface area contributed by atoms with Gasteiger partial charge in [0.1, 0.15) is 5.75 Å². The number of hydrogen-bond acceptors (Lipinski definition) is 4. The molecule has 0 unspecified atom stereocenters. The van der Waals surface area contributed by atoms with Gasteiger partial charge in [0, 0.05) is 17.3 Å². The molecule has 0 aliphatic heterocycles. The number of nitrogens with one attached hydrogen (secondary N) is 1. The van der Waals surface area contributed by atoms with Gasteiger partial charge in [0.25, 0.3) is 0 Å². The minimum Gasteiger partial charge on any atom is -0.494 e. The molecule has 118 valence electrons. The quantitative estimate of drug-likeness (QED) is 0.844. The highest BCUT2D eigenvalue weighted by Crippen LogP contribution is 2.31. The molecule has 21 heavy (non-hydrogen) atoms. The number of benzene rings is 1. The van der Waals surface area contributed by atoms with Crippen LogP contribution in [0.3, 0.4) is 0 Å². The Bertz CT molecular complexity index is 462. The largest absolute Gasteiger partial charge is 0.494 e. The average molecular weight is 293 g/mol. The van der Waals surface area contributed by atoms with Crippen LogP contribution in [0.15, 0.2) is 18.2 Å². The van der Waals surface area contributed by atoms with E-state index in [1.165, 1.54) is 0 Å². The van der Waals surface area contributed by atoms with Gasteiger partial charge >= 0.3 is 0 Å². The standard InChI is InChI=1S/C17H27NO3/c1-5-20-16-7-6-13(8-12(16)11-19)18-14-9-15(10-14)21-17(2,3)4/h6-8,14-15,18-19H,5,9-11H2,1-4H3. The van der Waals surface area contributed by atoms with Crippen LogP contribution in [0.5, 0.6) is 5.75 Å². The van der Waals surface area contributed by atoms with E-state index in [1.54, 1.807) is 0 Å². The van der Waals surface area contributed by atoms with Gasteiger partial charge in [-0.1, -0.05) is 0 Å². The predicted molar refractivity (Wildman–Crippen MR) is 84.8 cm³/mol. The van der Waals surface area contributed by atoms with Crippen molar-refractivity contribution in [3.8, 4) is 5.75 Å². The van der Waals surface area contributed by atoms with Crippen molar-refractivity contribution in [3.05, 3.63) is 23.8 Å². The maximum Gasteiger partial charge on any atom is 0.124 e. The summed E-state index contributed by atoms with van der Waals surface area (Å²) in [5, 5.41) is 12.9. The molecule has 0 heterocycles. The molecule has 2 rings (SSSR count). The van der Waals surface area contributed by atoms with E-state index in [0.29, 0.717) is 18.8 Å². The zero-order chi connectivity index (χ0) is 15.5. The Kier molecular flexibility index (Phi) is 5.12. The van der Waals surface area contributed by atoms with Gasteiger partial charge in [-0.25, -0.2) is 0 Å². The number of aliphatic hydroxyl groups is 1. The molecule has 0 saturated heterocycles. The smallest absolute Gasteiger partial charge is 0.124 e. The van der Waals surface area contributed by atoms with Gasteiger partial charge in [0.05, 0.1) is 24.9 Å². The minimum atomic E-state index is -0.0706. The summed E-state index contributed by atoms with van der Waals surface area (Å²) in [6.45, 7) is 8.81. The van der Waals surface area contributed by atoms with Crippen LogP contribution in [-0.4, -0.2) is 29.5 Å². The Morgan fingerprint density at radius 3 is 2.57 bits per heavy atom. The lowest BCUT2D eigenvalue weighted by atomic mass is 9.88. The van der Waals surface area contributed by atoms with Gasteiger partial charge < -0.3 is 19.9 Å². The summed E-state index contributed by atoms with van der Waals surface area (Å²) >= 11 is 0. The van der Waals surface area contributed by atoms with Crippen molar-refractivity contribution in [2.45, 2.75) is 64.9 Å². The lowest BCUT2D eigenvalue weighted by molar-refractivity contribution is -0.0953. The van der Waals surface area contributed by atoms with Gasteiger partial charge in [0.2, 0.25) is 0 Å². The highest BCUT2D eigenvalue weighted by atomic mass is 16.5. The van der Waals surface area contributed by atoms with E-state index in [0.717, 1.165) is 29.8 Å². The van der Waals surface area contributed by atoms with E-state index < -0.39 is 0 Å². The molecular weight excluding hydrogens is 266 g/mol. The molecule has 0 atom stereocenters. The minimum absolute atomic E-state index is 0.00865. The predicted octanol–water partition coefficient (Wildman–Crippen LogP) is 3.34. The summed E-state index contributed by atoms with van der Waals surface area (Å²) in [4.78, 5) is 0. The SMILES string of the molecule is CCOc1ccc(NC2CC(OC(C)(C)C)C2)cc1CO. The molecule has 1 aromatic rings. The number of rotatable bonds is 6. The molecule has 0 spiro atoms. The fourth-order valence-electron chi connectivity index (χ4n) is 2.60. The number of hydrogen-bond donors (Lipinski definition) is 2. The first kappa shape index (κ1) is 16.1. The molecular formula is C17H27NO3. The zero-order valence-corrected chi connectivity index (χ0v) is 13.5. The van der Waals surface area contributed by atoms with Crippen LogP contribution >= 0.6 is 0 Å². The first-order chi connectivity index (χ1) is 9.91. The molecule has 1 aliphatic carbocycles. The Balaban J connectivity index is 1.87. The van der Waals surface area contributed by atoms with Crippen LogP contribution in [0.4, 0.5) is 5.69 Å². The summed E-state index contributed by atoms with van der Waals surface area (Å²) in [6.07, 6.45) is 2.40. The third-order valence-corrected chi connectivity index (χ3v) is 3.52. The van der Waals surface area contributed by atoms with Gasteiger partial charge in [-0.15, -0.1) is 0 Å². The molecule has 2 N–H and O–H groups in total. The lowest BCUT2D eigenvalue weighted by Crippen LogP contribution is -2.44. The van der Waals surface area contributed by atoms with Crippen molar-refractivity contribution < 1.29 is 14.6 Å². The molecule has 1 saturated carbocycles. The van der Waals surface area contributed by atoms with Gasteiger partial charge in [-0.3, -0.25) is 0 Å². The van der Waals surface area contributed by atoms with E-state index in [1.807, 2.05) is 25.1 Å². The topological polar surface area (TPSA) is 50.7 Å². The monoisotopic (exact) mass is 293 g/mol. The van der Waals surface area contributed by atoms with E-state index >= 15 is 0 Å². The molecule has 4 nitrogen and oxygen atoms in total. The Hall–Kier alpha value is -1.26. The molecule has 0 amide bonds. The van der Waals surface area contributed by atoms with Crippen LogP contribution in [0, 0.1) is 0 Å². The average Bonchev–Trinajstić information content (AvgIpc) is 2.36. The van der Waals surface area contributed by atoms with Crippen molar-refractivity contribution in [1.29, 1.82) is 0 Å². The second-order valence-corrected chi connectivity index (χ2v) is 6.58. The third-order valence-electron chi connectivity index (χ3n) is 3.52. The van der Waals surface area contributed by atoms with Gasteiger partial charge in [-0.2, -0.15) is 0 Å². The van der Waals surface area contributed by atoms with Crippen molar-refractivity contribution in [2.75, 3.05) is 11.9 Å². The highest BCUT2D eigenvalue weighted by Gasteiger charge is 2.32. The highest BCUT2D eigenvalue weighted by molar-refractivity contribution is 5.52. The van der Waals surface area contributed by atoms with Gasteiger partial charge in [0.15, 0.2) is 0 Å². The van der Waals surface area contributed by atoms with Crippen molar-refractivity contribution in [2.24, 2.45) is 0 Å². The van der Waals surface area contributed by atoms with E-state index in [2.05, 4.69) is 26.1 Å². The van der Waals surface area contributed by atoms with Crippen LogP contribution in [0.2, 0.25) is 0 Å². The summed E-state index contributed by atoms with van der Waals surface area (Å²) < 4.78 is 11.4. The van der Waals surface area contributed by atoms with Crippen LogP contribution in [-0.2, 0) is 11.3 Å². The maximum absolute atomic E-state index is 9.42. The van der Waals surface area contributed by atoms with E-state index in [-0.39, 0.29) is 12.2 Å². The Labute approximate surface area is 127 Å². The zero-order valence-electron chi connectivity index (χ0n) is 13.5. The number of ether oxygens (including phenoxy) is 2. The van der Waals surface area contributed by atoms with Crippen LogP contribution in [0.1, 0.15) is 46.1 Å². The molecule has 1 fully saturated rings. The van der Waals surface area contributed by atoms with E-state index in [4.69, 9.17) is 9.47 Å². The number of anilines is 1. The fourth-order valence-corrected chi connectivity index (χ4v) is 2.60. The lowest BCUT2D eigenvalue weighted by Gasteiger charge is -2.40. The molecule has 1 aliphatic rings. The molecule has 0 aromatic heterocycles. The molecule has 4 heteroatoms. The summed E-state index contributed by atoms with van der Waals surface area (Å²) in [5.74, 6) is 0.758. The van der Waals surface area contributed by atoms with Crippen molar-refractivity contribution in [3.63, 3.8) is 0 Å². The van der Waals surface area contributed by atoms with Crippen molar-refractivity contribution >= 4 is 5.69 Å². The fraction of sp³-hybridized carbons (Fsp3) is 0.647. The van der Waals surface area contributed by atoms with E-state index in [9.17, 15) is 5.11 Å². The molecule has 0 bridgehead atoms. The second kappa shape index (κ2) is 6.67. The molecule has 1 aromatic carbocycles. The van der Waals surface area contributed by atoms with Gasteiger partial charge in [-0.05, 0) is 58.7 Å². The first-order valence-corrected chi connectivity index (χ1v) is 7.72. The summed E-state index contributed by atoms with van der Waals surface area (Å²) in [5.41, 5.74) is 1.78. The Morgan fingerprint density at radius 2 is 2.00 bits per heavy atom. The summed E-state index contributed by atoms with van der Waals surface area (Å²) in [7, 11) is 0. The maximum atomic E-state index is 9.42. The molecule has 0 radical (unpaired) electrons. The third kappa shape index (κ3) is 4.61. The Morgan fingerprint density at radius 1 is 1.29 bits per heavy atom. The van der Waals surface area contributed by atoms with Crippen LogP contribution < -0.4 is 10.1 Å².